The fraction of sp³-hybridized carbons (Fsp3) is 0.667. The summed E-state index contributed by atoms with van der Waals surface area (Å²) in [6.07, 6.45) is -6.51. The molecular formula is C6H10O7. The SMILES string of the molecule is O=C(O)[C@H](O)C[C@@H](O)[C@@H](O)C(=O)O. The molecule has 7 nitrogen and oxygen atoms in total. The minimum absolute atomic E-state index is 0.733. The van der Waals surface area contributed by atoms with Crippen LogP contribution in [0.1, 0.15) is 6.42 Å². The Morgan fingerprint density at radius 2 is 1.46 bits per heavy atom. The van der Waals surface area contributed by atoms with E-state index in [1.54, 1.807) is 0 Å². The highest BCUT2D eigenvalue weighted by atomic mass is 16.4. The molecule has 0 aliphatic carbocycles. The van der Waals surface area contributed by atoms with E-state index in [-0.39, 0.29) is 0 Å². The van der Waals surface area contributed by atoms with Crippen LogP contribution in [-0.4, -0.2) is 55.8 Å². The Hall–Kier alpha value is -1.18. The van der Waals surface area contributed by atoms with Crippen molar-refractivity contribution in [3.8, 4) is 0 Å². The minimum atomic E-state index is -2.09. The van der Waals surface area contributed by atoms with Crippen LogP contribution in [0.5, 0.6) is 0 Å². The van der Waals surface area contributed by atoms with E-state index in [2.05, 4.69) is 0 Å². The predicted octanol–water partition coefficient (Wildman–Crippen LogP) is -2.37. The zero-order valence-electron chi connectivity index (χ0n) is 6.49. The summed E-state index contributed by atoms with van der Waals surface area (Å²) in [6.45, 7) is 0. The average molecular weight is 194 g/mol. The Bertz CT molecular complexity index is 201. The molecule has 0 aromatic carbocycles. The lowest BCUT2D eigenvalue weighted by atomic mass is 10.1. The first-order valence-corrected chi connectivity index (χ1v) is 3.36. The average Bonchev–Trinajstić information content (AvgIpc) is 2.02. The summed E-state index contributed by atoms with van der Waals surface area (Å²) in [4.78, 5) is 20.1. The summed E-state index contributed by atoms with van der Waals surface area (Å²) in [5.41, 5.74) is 0. The lowest BCUT2D eigenvalue weighted by Gasteiger charge is -2.14. The molecule has 0 radical (unpaired) electrons. The van der Waals surface area contributed by atoms with Gasteiger partial charge in [0.2, 0.25) is 0 Å². The van der Waals surface area contributed by atoms with Gasteiger partial charge in [0, 0.05) is 6.42 Å². The van der Waals surface area contributed by atoms with E-state index < -0.39 is 36.7 Å². The number of carbonyl (C=O) groups is 2. The van der Waals surface area contributed by atoms with Crippen molar-refractivity contribution in [1.29, 1.82) is 0 Å². The molecule has 0 saturated carbocycles. The Kier molecular flexibility index (Phi) is 4.32. The first-order valence-electron chi connectivity index (χ1n) is 3.36. The molecule has 76 valence electrons. The number of aliphatic hydroxyl groups excluding tert-OH is 3. The molecule has 5 N–H and O–H groups in total. The number of hydrogen-bond acceptors (Lipinski definition) is 5. The summed E-state index contributed by atoms with van der Waals surface area (Å²) >= 11 is 0. The number of aliphatic carboxylic acids is 2. The van der Waals surface area contributed by atoms with Gasteiger partial charge in [0.15, 0.2) is 12.2 Å². The van der Waals surface area contributed by atoms with Crippen molar-refractivity contribution in [2.45, 2.75) is 24.7 Å². The van der Waals surface area contributed by atoms with Gasteiger partial charge < -0.3 is 25.5 Å². The van der Waals surface area contributed by atoms with E-state index in [1.807, 2.05) is 0 Å². The Morgan fingerprint density at radius 3 is 1.77 bits per heavy atom. The highest BCUT2D eigenvalue weighted by molar-refractivity contribution is 5.74. The van der Waals surface area contributed by atoms with Gasteiger partial charge in [-0.05, 0) is 0 Å². The third kappa shape index (κ3) is 3.83. The van der Waals surface area contributed by atoms with Crippen molar-refractivity contribution in [3.63, 3.8) is 0 Å². The summed E-state index contributed by atoms with van der Waals surface area (Å²) < 4.78 is 0. The molecule has 0 saturated heterocycles. The van der Waals surface area contributed by atoms with Crippen molar-refractivity contribution in [2.75, 3.05) is 0 Å². The van der Waals surface area contributed by atoms with Crippen LogP contribution in [-0.2, 0) is 9.59 Å². The van der Waals surface area contributed by atoms with Gasteiger partial charge in [-0.25, -0.2) is 9.59 Å². The summed E-state index contributed by atoms with van der Waals surface area (Å²) in [7, 11) is 0. The van der Waals surface area contributed by atoms with Gasteiger partial charge in [-0.3, -0.25) is 0 Å². The lowest BCUT2D eigenvalue weighted by Crippen LogP contribution is -2.38. The van der Waals surface area contributed by atoms with Gasteiger partial charge in [-0.2, -0.15) is 0 Å². The summed E-state index contributed by atoms with van der Waals surface area (Å²) in [5, 5.41) is 42.5. The van der Waals surface area contributed by atoms with Crippen molar-refractivity contribution in [1.82, 2.24) is 0 Å². The summed E-state index contributed by atoms with van der Waals surface area (Å²) in [6, 6.07) is 0. The first-order chi connectivity index (χ1) is 5.86. The number of carboxylic acid groups (broad SMARTS) is 2. The fourth-order valence-corrected chi connectivity index (χ4v) is 0.623. The molecule has 0 bridgehead atoms. The van der Waals surface area contributed by atoms with Gasteiger partial charge in [-0.1, -0.05) is 0 Å². The van der Waals surface area contributed by atoms with Crippen molar-refractivity contribution in [3.05, 3.63) is 0 Å². The fourth-order valence-electron chi connectivity index (χ4n) is 0.623. The van der Waals surface area contributed by atoms with Gasteiger partial charge in [0.05, 0.1) is 6.10 Å². The van der Waals surface area contributed by atoms with Crippen LogP contribution in [0.4, 0.5) is 0 Å². The quantitative estimate of drug-likeness (QED) is 0.330. The van der Waals surface area contributed by atoms with E-state index in [1.165, 1.54) is 0 Å². The molecule has 0 aromatic heterocycles. The molecule has 0 aliphatic rings. The Labute approximate surface area is 72.9 Å². The zero-order chi connectivity index (χ0) is 10.6. The van der Waals surface area contributed by atoms with Crippen LogP contribution >= 0.6 is 0 Å². The lowest BCUT2D eigenvalue weighted by molar-refractivity contribution is -0.158. The van der Waals surface area contributed by atoms with Crippen LogP contribution in [0.3, 0.4) is 0 Å². The second-order valence-electron chi connectivity index (χ2n) is 2.44. The van der Waals surface area contributed by atoms with Gasteiger partial charge in [0.1, 0.15) is 0 Å². The molecule has 0 spiro atoms. The number of rotatable bonds is 5. The van der Waals surface area contributed by atoms with E-state index in [4.69, 9.17) is 25.5 Å². The monoisotopic (exact) mass is 194 g/mol. The molecular weight excluding hydrogens is 184 g/mol. The number of aliphatic hydroxyl groups is 3. The Morgan fingerprint density at radius 1 is 1.00 bits per heavy atom. The molecule has 0 amide bonds. The smallest absolute Gasteiger partial charge is 0.335 e. The van der Waals surface area contributed by atoms with E-state index in [9.17, 15) is 9.59 Å². The number of hydrogen-bond donors (Lipinski definition) is 5. The zero-order valence-corrected chi connectivity index (χ0v) is 6.49. The molecule has 13 heavy (non-hydrogen) atoms. The van der Waals surface area contributed by atoms with Crippen molar-refractivity contribution < 1.29 is 35.1 Å². The standard InChI is InChI=1S/C6H10O7/c7-2(4(9)6(12)13)1-3(8)5(10)11/h2-4,7-9H,1H2,(H,10,11)(H,12,13)/t2-,3-,4-/m1/s1. The second kappa shape index (κ2) is 4.75. The summed E-state index contributed by atoms with van der Waals surface area (Å²) in [5.74, 6) is -3.26. The van der Waals surface area contributed by atoms with Crippen LogP contribution in [0.2, 0.25) is 0 Å². The van der Waals surface area contributed by atoms with Crippen LogP contribution in [0.15, 0.2) is 0 Å². The van der Waals surface area contributed by atoms with E-state index in [0.717, 1.165) is 0 Å². The maximum Gasteiger partial charge on any atom is 0.335 e. The van der Waals surface area contributed by atoms with Crippen LogP contribution in [0.25, 0.3) is 0 Å². The molecule has 0 unspecified atom stereocenters. The minimum Gasteiger partial charge on any atom is -0.479 e. The normalized spacial score (nSPS) is 17.5. The molecule has 0 aliphatic heterocycles. The highest BCUT2D eigenvalue weighted by Gasteiger charge is 2.28. The molecule has 0 aromatic rings. The van der Waals surface area contributed by atoms with Crippen molar-refractivity contribution >= 4 is 11.9 Å². The largest absolute Gasteiger partial charge is 0.479 e. The molecule has 0 heterocycles. The van der Waals surface area contributed by atoms with Gasteiger partial charge in [-0.15, -0.1) is 0 Å². The van der Waals surface area contributed by atoms with Gasteiger partial charge >= 0.3 is 11.9 Å². The topological polar surface area (TPSA) is 135 Å². The first kappa shape index (κ1) is 11.8. The van der Waals surface area contributed by atoms with Crippen LogP contribution < -0.4 is 0 Å². The predicted molar refractivity (Wildman–Crippen MR) is 37.9 cm³/mol. The third-order valence-electron chi connectivity index (χ3n) is 1.37. The number of carboxylic acids is 2. The maximum atomic E-state index is 10.1. The van der Waals surface area contributed by atoms with Crippen LogP contribution in [0, 0.1) is 0 Å². The molecule has 0 fully saturated rings. The van der Waals surface area contributed by atoms with Gasteiger partial charge in [0.25, 0.3) is 0 Å². The highest BCUT2D eigenvalue weighted by Crippen LogP contribution is 2.03. The van der Waals surface area contributed by atoms with E-state index in [0.29, 0.717) is 0 Å². The maximum absolute atomic E-state index is 10.1. The van der Waals surface area contributed by atoms with E-state index >= 15 is 0 Å². The van der Waals surface area contributed by atoms with Crippen molar-refractivity contribution in [2.24, 2.45) is 0 Å². The molecule has 7 heteroatoms. The Balaban J connectivity index is 4.06. The molecule has 3 atom stereocenters. The third-order valence-corrected chi connectivity index (χ3v) is 1.37. The molecule has 0 rings (SSSR count). The second-order valence-corrected chi connectivity index (χ2v) is 2.44.